The fourth-order valence-corrected chi connectivity index (χ4v) is 2.32. The molecule has 1 aromatic carbocycles. The monoisotopic (exact) mass is 324 g/mol. The van der Waals surface area contributed by atoms with E-state index < -0.39 is 5.91 Å². The van der Waals surface area contributed by atoms with Crippen LogP contribution in [0.15, 0.2) is 48.7 Å². The number of nitrogens with zero attached hydrogens (tertiary/aromatic N) is 2. The number of carbonyl (C=O) groups excluding carboxylic acids is 1. The van der Waals surface area contributed by atoms with Crippen molar-refractivity contribution in [1.82, 2.24) is 15.4 Å². The van der Waals surface area contributed by atoms with E-state index in [1.54, 1.807) is 24.9 Å². The molecule has 122 valence electrons. The molecule has 7 nitrogen and oxygen atoms in total. The molecule has 0 aliphatic heterocycles. The molecule has 7 heteroatoms. The number of hydrogen-bond acceptors (Lipinski definition) is 6. The van der Waals surface area contributed by atoms with Crippen molar-refractivity contribution in [3.8, 4) is 5.88 Å². The molecule has 1 amide bonds. The molecule has 0 aliphatic carbocycles. The first-order valence-electron chi connectivity index (χ1n) is 7.28. The molecule has 2 aromatic heterocycles. The minimum atomic E-state index is -0.448. The van der Waals surface area contributed by atoms with E-state index in [1.165, 1.54) is 0 Å². The molecule has 3 N–H and O–H groups in total. The Morgan fingerprint density at radius 2 is 1.96 bits per heavy atom. The Bertz CT molecular complexity index is 865. The molecule has 24 heavy (non-hydrogen) atoms. The van der Waals surface area contributed by atoms with Gasteiger partial charge in [0.15, 0.2) is 5.65 Å². The van der Waals surface area contributed by atoms with Crippen molar-refractivity contribution in [2.45, 2.75) is 6.42 Å². The summed E-state index contributed by atoms with van der Waals surface area (Å²) in [7, 11) is 1.56. The summed E-state index contributed by atoms with van der Waals surface area (Å²) in [5.41, 5.74) is 4.75. The van der Waals surface area contributed by atoms with Crippen LogP contribution in [0, 0.1) is 0 Å². The van der Waals surface area contributed by atoms with Crippen LogP contribution in [0.4, 0.5) is 11.4 Å². The maximum absolute atomic E-state index is 11.2. The third-order valence-corrected chi connectivity index (χ3v) is 3.51. The minimum Gasteiger partial charge on any atom is -0.481 e. The van der Waals surface area contributed by atoms with Gasteiger partial charge in [-0.1, -0.05) is 12.1 Å². The zero-order valence-corrected chi connectivity index (χ0v) is 13.0. The predicted molar refractivity (Wildman–Crippen MR) is 89.4 cm³/mol. The summed E-state index contributed by atoms with van der Waals surface area (Å²) in [6, 6.07) is 12.9. The third kappa shape index (κ3) is 3.41. The van der Waals surface area contributed by atoms with E-state index in [0.29, 0.717) is 11.5 Å². The molecule has 0 bridgehead atoms. The largest absolute Gasteiger partial charge is 0.481 e. The summed E-state index contributed by atoms with van der Waals surface area (Å²) in [5.74, 6) is 0.0644. The van der Waals surface area contributed by atoms with E-state index in [2.05, 4.69) is 15.3 Å². The molecular weight excluding hydrogens is 308 g/mol. The van der Waals surface area contributed by atoms with Crippen LogP contribution in [-0.2, 0) is 11.2 Å². The Morgan fingerprint density at radius 1 is 1.17 bits per heavy atom. The van der Waals surface area contributed by atoms with Gasteiger partial charge in [-0.3, -0.25) is 10.0 Å². The highest BCUT2D eigenvalue weighted by Gasteiger charge is 2.06. The van der Waals surface area contributed by atoms with Gasteiger partial charge in [0.2, 0.25) is 11.8 Å². The predicted octanol–water partition coefficient (Wildman–Crippen LogP) is 2.43. The molecule has 0 radical (unpaired) electrons. The first-order valence-corrected chi connectivity index (χ1v) is 7.28. The maximum Gasteiger partial charge on any atom is 0.247 e. The van der Waals surface area contributed by atoms with E-state index in [9.17, 15) is 4.79 Å². The highest BCUT2D eigenvalue weighted by Crippen LogP contribution is 2.25. The number of ether oxygens (including phenoxy) is 1. The van der Waals surface area contributed by atoms with Gasteiger partial charge in [0.05, 0.1) is 19.2 Å². The Balaban J connectivity index is 1.83. The standard InChI is InChI=1S/C17H16N4O3/c1-24-16-7-6-13-14(8-9-18-17(13)20-16)19-12-4-2-11(3-5-12)10-15(22)21-23/h2-9,23H,10H2,1H3,(H,21,22)(H,18,19,20). The van der Waals surface area contributed by atoms with Crippen molar-refractivity contribution in [1.29, 1.82) is 0 Å². The van der Waals surface area contributed by atoms with Gasteiger partial charge in [0.1, 0.15) is 0 Å². The highest BCUT2D eigenvalue weighted by molar-refractivity contribution is 5.91. The van der Waals surface area contributed by atoms with Crippen LogP contribution in [-0.4, -0.2) is 28.2 Å². The van der Waals surface area contributed by atoms with Crippen LogP contribution < -0.4 is 15.5 Å². The number of benzene rings is 1. The minimum absolute atomic E-state index is 0.124. The van der Waals surface area contributed by atoms with Crippen LogP contribution in [0.5, 0.6) is 5.88 Å². The lowest BCUT2D eigenvalue weighted by molar-refractivity contribution is -0.128. The van der Waals surface area contributed by atoms with Crippen molar-refractivity contribution in [3.05, 3.63) is 54.2 Å². The topological polar surface area (TPSA) is 96.4 Å². The fraction of sp³-hybridized carbons (Fsp3) is 0.118. The Labute approximate surface area is 138 Å². The number of amides is 1. The lowest BCUT2D eigenvalue weighted by Gasteiger charge is -2.10. The number of aromatic nitrogens is 2. The van der Waals surface area contributed by atoms with Crippen molar-refractivity contribution in [3.63, 3.8) is 0 Å². The van der Waals surface area contributed by atoms with E-state index >= 15 is 0 Å². The van der Waals surface area contributed by atoms with Gasteiger partial charge in [-0.25, -0.2) is 10.5 Å². The van der Waals surface area contributed by atoms with Crippen molar-refractivity contribution in [2.75, 3.05) is 12.4 Å². The molecule has 0 atom stereocenters. The second kappa shape index (κ2) is 6.93. The van der Waals surface area contributed by atoms with E-state index in [4.69, 9.17) is 9.94 Å². The average molecular weight is 324 g/mol. The molecular formula is C17H16N4O3. The molecule has 0 unspecified atom stereocenters. The summed E-state index contributed by atoms with van der Waals surface area (Å²) >= 11 is 0. The normalized spacial score (nSPS) is 10.4. The van der Waals surface area contributed by atoms with E-state index in [0.717, 1.165) is 22.3 Å². The fourth-order valence-electron chi connectivity index (χ4n) is 2.32. The number of hydroxylamine groups is 1. The third-order valence-electron chi connectivity index (χ3n) is 3.51. The zero-order chi connectivity index (χ0) is 16.9. The first kappa shape index (κ1) is 15.7. The molecule has 0 fully saturated rings. The van der Waals surface area contributed by atoms with Gasteiger partial charge in [-0.05, 0) is 29.8 Å². The number of pyridine rings is 2. The van der Waals surface area contributed by atoms with Gasteiger partial charge in [-0.15, -0.1) is 0 Å². The average Bonchev–Trinajstić information content (AvgIpc) is 2.63. The second-order valence-corrected chi connectivity index (χ2v) is 5.12. The van der Waals surface area contributed by atoms with Gasteiger partial charge in [-0.2, -0.15) is 4.98 Å². The summed E-state index contributed by atoms with van der Waals surface area (Å²) in [4.78, 5) is 19.7. The number of methoxy groups -OCH3 is 1. The van der Waals surface area contributed by atoms with Crippen LogP contribution in [0.2, 0.25) is 0 Å². The Hall–Kier alpha value is -3.19. The summed E-state index contributed by atoms with van der Waals surface area (Å²) < 4.78 is 5.11. The molecule has 3 rings (SSSR count). The number of fused-ring (bicyclic) bond motifs is 1. The van der Waals surface area contributed by atoms with Gasteiger partial charge < -0.3 is 10.1 Å². The van der Waals surface area contributed by atoms with Crippen LogP contribution in [0.1, 0.15) is 5.56 Å². The van der Waals surface area contributed by atoms with Gasteiger partial charge >= 0.3 is 0 Å². The smallest absolute Gasteiger partial charge is 0.247 e. The quantitative estimate of drug-likeness (QED) is 0.493. The van der Waals surface area contributed by atoms with E-state index in [1.807, 2.05) is 36.4 Å². The molecule has 2 heterocycles. The van der Waals surface area contributed by atoms with Crippen molar-refractivity contribution in [2.24, 2.45) is 0 Å². The molecule has 0 saturated carbocycles. The van der Waals surface area contributed by atoms with Crippen molar-refractivity contribution >= 4 is 28.3 Å². The number of anilines is 2. The molecule has 0 saturated heterocycles. The lowest BCUT2D eigenvalue weighted by Crippen LogP contribution is -2.20. The summed E-state index contributed by atoms with van der Waals surface area (Å²) in [6.45, 7) is 0. The number of nitrogens with one attached hydrogen (secondary N) is 2. The zero-order valence-electron chi connectivity index (χ0n) is 13.0. The summed E-state index contributed by atoms with van der Waals surface area (Å²) in [6.07, 6.45) is 1.80. The van der Waals surface area contributed by atoms with Crippen LogP contribution in [0.25, 0.3) is 11.0 Å². The summed E-state index contributed by atoms with van der Waals surface area (Å²) in [5, 5.41) is 12.7. The van der Waals surface area contributed by atoms with Crippen LogP contribution >= 0.6 is 0 Å². The number of hydrogen-bond donors (Lipinski definition) is 3. The number of rotatable bonds is 5. The Morgan fingerprint density at radius 3 is 2.67 bits per heavy atom. The second-order valence-electron chi connectivity index (χ2n) is 5.12. The highest BCUT2D eigenvalue weighted by atomic mass is 16.5. The molecule has 0 aliphatic rings. The van der Waals surface area contributed by atoms with E-state index in [-0.39, 0.29) is 6.42 Å². The first-order chi connectivity index (χ1) is 11.7. The lowest BCUT2D eigenvalue weighted by atomic mass is 10.1. The van der Waals surface area contributed by atoms with Gasteiger partial charge in [0.25, 0.3) is 0 Å². The maximum atomic E-state index is 11.2. The molecule has 3 aromatic rings. The number of carbonyl (C=O) groups is 1. The van der Waals surface area contributed by atoms with Crippen LogP contribution in [0.3, 0.4) is 0 Å². The Kier molecular flexibility index (Phi) is 4.53. The van der Waals surface area contributed by atoms with Crippen molar-refractivity contribution < 1.29 is 14.7 Å². The molecule has 0 spiro atoms. The SMILES string of the molecule is COc1ccc2c(Nc3ccc(CC(=O)NO)cc3)ccnc2n1. The van der Waals surface area contributed by atoms with Gasteiger partial charge in [0, 0.05) is 23.3 Å².